The molecule has 1 saturated heterocycles. The lowest BCUT2D eigenvalue weighted by atomic mass is 9.94. The molecule has 1 N–H and O–H groups in total. The Labute approximate surface area is 222 Å². The summed E-state index contributed by atoms with van der Waals surface area (Å²) in [5, 5.41) is 11.8. The van der Waals surface area contributed by atoms with Gasteiger partial charge in [0.25, 0.3) is 11.7 Å². The first-order valence-electron chi connectivity index (χ1n) is 12.4. The highest BCUT2D eigenvalue weighted by Crippen LogP contribution is 2.43. The van der Waals surface area contributed by atoms with E-state index < -0.39 is 17.7 Å². The Kier molecular flexibility index (Phi) is 8.51. The van der Waals surface area contributed by atoms with Crippen molar-refractivity contribution < 1.29 is 24.2 Å². The van der Waals surface area contributed by atoms with Crippen molar-refractivity contribution in [2.24, 2.45) is 0 Å². The first-order chi connectivity index (χ1) is 17.9. The summed E-state index contributed by atoms with van der Waals surface area (Å²) in [5.74, 6) is -0.554. The van der Waals surface area contributed by atoms with Crippen LogP contribution in [0.5, 0.6) is 11.5 Å². The molecule has 7 heteroatoms. The summed E-state index contributed by atoms with van der Waals surface area (Å²) in [6.07, 6.45) is 1.91. The predicted octanol–water partition coefficient (Wildman–Crippen LogP) is 6.54. The number of likely N-dealkylation sites (tertiary alicyclic amines) is 1. The number of carbonyl (C=O) groups excluding carboxylic acids is 2. The van der Waals surface area contributed by atoms with Crippen molar-refractivity contribution in [3.63, 3.8) is 0 Å². The fraction of sp³-hybridized carbons (Fsp3) is 0.267. The summed E-state index contributed by atoms with van der Waals surface area (Å²) in [5.41, 5.74) is 1.92. The van der Waals surface area contributed by atoms with Gasteiger partial charge in [0.2, 0.25) is 0 Å². The molecule has 6 nitrogen and oxygen atoms in total. The maximum atomic E-state index is 13.3. The largest absolute Gasteiger partial charge is 0.507 e. The first-order valence-corrected chi connectivity index (χ1v) is 12.8. The molecule has 1 fully saturated rings. The minimum atomic E-state index is -0.820. The molecule has 1 heterocycles. The van der Waals surface area contributed by atoms with Gasteiger partial charge in [-0.15, -0.1) is 0 Å². The average molecular weight is 520 g/mol. The standard InChI is InChI=1S/C30H30ClNO5/c1-3-5-17-37-24-16-13-22(18-25(24)36-4-2)27-26(28(33)21-11-14-23(31)15-12-21)29(34)30(35)32(27)19-20-9-7-6-8-10-20/h6-16,18,27,33H,3-5,17,19H2,1-2H3/b28-26+. The number of hydrogen-bond donors (Lipinski definition) is 1. The van der Waals surface area contributed by atoms with Gasteiger partial charge in [-0.2, -0.15) is 0 Å². The van der Waals surface area contributed by atoms with Crippen LogP contribution < -0.4 is 9.47 Å². The molecule has 1 amide bonds. The fourth-order valence-electron chi connectivity index (χ4n) is 4.34. The molecule has 37 heavy (non-hydrogen) atoms. The van der Waals surface area contributed by atoms with Gasteiger partial charge in [0.1, 0.15) is 5.76 Å². The lowest BCUT2D eigenvalue weighted by Gasteiger charge is -2.26. The average Bonchev–Trinajstić information content (AvgIpc) is 3.15. The summed E-state index contributed by atoms with van der Waals surface area (Å²) < 4.78 is 11.8. The van der Waals surface area contributed by atoms with Gasteiger partial charge in [-0.1, -0.05) is 61.3 Å². The number of ketones is 1. The van der Waals surface area contributed by atoms with E-state index in [1.807, 2.05) is 43.3 Å². The smallest absolute Gasteiger partial charge is 0.295 e. The van der Waals surface area contributed by atoms with E-state index in [1.54, 1.807) is 36.4 Å². The van der Waals surface area contributed by atoms with E-state index in [4.69, 9.17) is 21.1 Å². The van der Waals surface area contributed by atoms with Crippen LogP contribution in [0.2, 0.25) is 5.02 Å². The van der Waals surface area contributed by atoms with Crippen LogP contribution in [0, 0.1) is 0 Å². The second-order valence-corrected chi connectivity index (χ2v) is 9.20. The Morgan fingerprint density at radius 2 is 1.68 bits per heavy atom. The van der Waals surface area contributed by atoms with Crippen molar-refractivity contribution in [3.05, 3.63) is 100 Å². The molecule has 0 aromatic heterocycles. The molecule has 0 bridgehead atoms. The van der Waals surface area contributed by atoms with Gasteiger partial charge in [-0.05, 0) is 60.9 Å². The molecule has 1 aliphatic heterocycles. The highest BCUT2D eigenvalue weighted by Gasteiger charge is 2.46. The van der Waals surface area contributed by atoms with Gasteiger partial charge in [-0.3, -0.25) is 9.59 Å². The number of carbonyl (C=O) groups is 2. The number of hydrogen-bond acceptors (Lipinski definition) is 5. The number of unbranched alkanes of at least 4 members (excludes halogenated alkanes) is 1. The van der Waals surface area contributed by atoms with Crippen LogP contribution in [0.15, 0.2) is 78.4 Å². The van der Waals surface area contributed by atoms with Crippen molar-refractivity contribution in [2.75, 3.05) is 13.2 Å². The maximum absolute atomic E-state index is 13.3. The summed E-state index contributed by atoms with van der Waals surface area (Å²) in [4.78, 5) is 28.1. The van der Waals surface area contributed by atoms with Crippen molar-refractivity contribution in [1.29, 1.82) is 0 Å². The van der Waals surface area contributed by atoms with E-state index >= 15 is 0 Å². The molecule has 192 valence electrons. The van der Waals surface area contributed by atoms with Gasteiger partial charge < -0.3 is 19.5 Å². The normalized spacial score (nSPS) is 16.7. The Balaban J connectivity index is 1.83. The van der Waals surface area contributed by atoms with E-state index in [2.05, 4.69) is 6.92 Å². The maximum Gasteiger partial charge on any atom is 0.295 e. The minimum absolute atomic E-state index is 0.0188. The van der Waals surface area contributed by atoms with Crippen LogP contribution in [-0.4, -0.2) is 34.9 Å². The molecule has 4 rings (SSSR count). The molecule has 0 aliphatic carbocycles. The van der Waals surface area contributed by atoms with Crippen LogP contribution in [-0.2, 0) is 16.1 Å². The van der Waals surface area contributed by atoms with Gasteiger partial charge >= 0.3 is 0 Å². The van der Waals surface area contributed by atoms with Crippen molar-refractivity contribution in [1.82, 2.24) is 4.90 Å². The van der Waals surface area contributed by atoms with Crippen molar-refractivity contribution in [3.8, 4) is 11.5 Å². The lowest BCUT2D eigenvalue weighted by molar-refractivity contribution is -0.140. The second kappa shape index (κ2) is 12.0. The quantitative estimate of drug-likeness (QED) is 0.142. The number of rotatable bonds is 10. The van der Waals surface area contributed by atoms with E-state index in [9.17, 15) is 14.7 Å². The Bertz CT molecular complexity index is 1290. The number of aliphatic hydroxyl groups excluding tert-OH is 1. The topological polar surface area (TPSA) is 76.1 Å². The third-order valence-electron chi connectivity index (χ3n) is 6.19. The highest BCUT2D eigenvalue weighted by molar-refractivity contribution is 6.46. The summed E-state index contributed by atoms with van der Waals surface area (Å²) >= 11 is 6.02. The molecule has 3 aromatic carbocycles. The van der Waals surface area contributed by atoms with Gasteiger partial charge in [-0.25, -0.2) is 0 Å². The van der Waals surface area contributed by atoms with Crippen LogP contribution in [0.4, 0.5) is 0 Å². The third-order valence-corrected chi connectivity index (χ3v) is 6.44. The molecule has 3 aromatic rings. The molecular weight excluding hydrogens is 490 g/mol. The first kappa shape index (κ1) is 26.3. The minimum Gasteiger partial charge on any atom is -0.507 e. The Morgan fingerprint density at radius 3 is 2.35 bits per heavy atom. The van der Waals surface area contributed by atoms with Crippen molar-refractivity contribution >= 4 is 29.1 Å². The van der Waals surface area contributed by atoms with E-state index in [1.165, 1.54) is 4.90 Å². The van der Waals surface area contributed by atoms with Crippen LogP contribution in [0.1, 0.15) is 49.4 Å². The molecule has 1 aliphatic rings. The van der Waals surface area contributed by atoms with E-state index in [0.29, 0.717) is 40.9 Å². The fourth-order valence-corrected chi connectivity index (χ4v) is 4.47. The van der Waals surface area contributed by atoms with Gasteiger partial charge in [0, 0.05) is 17.1 Å². The second-order valence-electron chi connectivity index (χ2n) is 8.76. The van der Waals surface area contributed by atoms with E-state index in [0.717, 1.165) is 18.4 Å². The molecule has 0 radical (unpaired) electrons. The molecule has 0 spiro atoms. The summed E-state index contributed by atoms with van der Waals surface area (Å²) in [6, 6.07) is 20.5. The SMILES string of the molecule is CCCCOc1ccc(C2/C(=C(\O)c3ccc(Cl)cc3)C(=O)C(=O)N2Cc2ccccc2)cc1OCC. The van der Waals surface area contributed by atoms with Crippen LogP contribution >= 0.6 is 11.6 Å². The van der Waals surface area contributed by atoms with Gasteiger partial charge in [0.05, 0.1) is 24.8 Å². The zero-order chi connectivity index (χ0) is 26.4. The molecule has 0 saturated carbocycles. The number of amides is 1. The highest BCUT2D eigenvalue weighted by atomic mass is 35.5. The summed E-state index contributed by atoms with van der Waals surface area (Å²) in [6.45, 7) is 5.14. The number of benzene rings is 3. The van der Waals surface area contributed by atoms with Crippen LogP contribution in [0.3, 0.4) is 0 Å². The number of nitrogens with zero attached hydrogens (tertiary/aromatic N) is 1. The third kappa shape index (κ3) is 5.81. The zero-order valence-electron chi connectivity index (χ0n) is 20.9. The zero-order valence-corrected chi connectivity index (χ0v) is 21.7. The predicted molar refractivity (Wildman–Crippen MR) is 144 cm³/mol. The number of Topliss-reactive ketones (excluding diaryl/α,β-unsaturated/α-hetero) is 1. The number of ether oxygens (including phenoxy) is 2. The summed E-state index contributed by atoms with van der Waals surface area (Å²) in [7, 11) is 0. The molecule has 1 unspecified atom stereocenters. The van der Waals surface area contributed by atoms with E-state index in [-0.39, 0.29) is 17.9 Å². The number of aliphatic hydroxyl groups is 1. The lowest BCUT2D eigenvalue weighted by Crippen LogP contribution is -2.29. The Morgan fingerprint density at radius 1 is 0.946 bits per heavy atom. The number of halogens is 1. The molecular formula is C30H30ClNO5. The van der Waals surface area contributed by atoms with Crippen molar-refractivity contribution in [2.45, 2.75) is 39.3 Å². The molecule has 1 atom stereocenters. The van der Waals surface area contributed by atoms with Gasteiger partial charge in [0.15, 0.2) is 11.5 Å². The Hall–Kier alpha value is -3.77. The van der Waals surface area contributed by atoms with Crippen LogP contribution in [0.25, 0.3) is 5.76 Å². The monoisotopic (exact) mass is 519 g/mol.